The van der Waals surface area contributed by atoms with Gasteiger partial charge in [0.1, 0.15) is 5.56 Å². The molecule has 0 spiro atoms. The Kier molecular flexibility index (Phi) is 5.07. The molecule has 0 radical (unpaired) electrons. The van der Waals surface area contributed by atoms with Gasteiger partial charge in [-0.05, 0) is 19.1 Å². The van der Waals surface area contributed by atoms with Gasteiger partial charge in [0.05, 0.1) is 11.5 Å². The van der Waals surface area contributed by atoms with Crippen molar-refractivity contribution < 1.29 is 14.5 Å². The molecule has 0 amide bonds. The number of ether oxygens (including phenoxy) is 1. The van der Waals surface area contributed by atoms with Gasteiger partial charge in [0.15, 0.2) is 0 Å². The van der Waals surface area contributed by atoms with Crippen LogP contribution < -0.4 is 0 Å². The van der Waals surface area contributed by atoms with E-state index in [9.17, 15) is 14.9 Å². The third-order valence-electron chi connectivity index (χ3n) is 1.98. The third kappa shape index (κ3) is 3.26. The van der Waals surface area contributed by atoms with E-state index in [4.69, 9.17) is 4.74 Å². The molecule has 92 valence electrons. The first-order valence-electron chi connectivity index (χ1n) is 4.71. The molecule has 0 aromatic heterocycles. The van der Waals surface area contributed by atoms with Crippen molar-refractivity contribution in [2.24, 2.45) is 0 Å². The fourth-order valence-corrected chi connectivity index (χ4v) is 2.27. The monoisotopic (exact) mass is 365 g/mol. The average Bonchev–Trinajstić information content (AvgIpc) is 2.27. The zero-order chi connectivity index (χ0) is 13.0. The number of nitro groups is 1. The fourth-order valence-electron chi connectivity index (χ4n) is 1.34. The van der Waals surface area contributed by atoms with Crippen molar-refractivity contribution in [2.75, 3.05) is 6.61 Å². The van der Waals surface area contributed by atoms with Gasteiger partial charge in [-0.1, -0.05) is 31.9 Å². The average molecular weight is 367 g/mol. The summed E-state index contributed by atoms with van der Waals surface area (Å²) in [5, 5.41) is 11.3. The van der Waals surface area contributed by atoms with Gasteiger partial charge in [-0.3, -0.25) is 10.1 Å². The van der Waals surface area contributed by atoms with Crippen molar-refractivity contribution in [3.63, 3.8) is 0 Å². The number of rotatable bonds is 4. The molecule has 0 saturated heterocycles. The summed E-state index contributed by atoms with van der Waals surface area (Å²) < 4.78 is 5.39. The summed E-state index contributed by atoms with van der Waals surface area (Å²) in [6.45, 7) is 1.82. The Labute approximate surface area is 115 Å². The van der Waals surface area contributed by atoms with Crippen LogP contribution in [0.5, 0.6) is 0 Å². The van der Waals surface area contributed by atoms with E-state index in [1.54, 1.807) is 13.0 Å². The third-order valence-corrected chi connectivity index (χ3v) is 3.04. The van der Waals surface area contributed by atoms with E-state index >= 15 is 0 Å². The van der Waals surface area contributed by atoms with Gasteiger partial charge in [0.25, 0.3) is 5.69 Å². The molecule has 5 nitrogen and oxygen atoms in total. The molecule has 17 heavy (non-hydrogen) atoms. The van der Waals surface area contributed by atoms with Crippen molar-refractivity contribution in [1.82, 2.24) is 0 Å². The molecule has 0 atom stereocenters. The van der Waals surface area contributed by atoms with Crippen LogP contribution in [0.25, 0.3) is 0 Å². The van der Waals surface area contributed by atoms with Gasteiger partial charge in [-0.25, -0.2) is 4.79 Å². The standard InChI is InChI=1S/C10H9Br2NO4/c1-2-17-10(14)8-4-7(12)3-6(5-11)9(8)13(15)16/h3-4H,2,5H2,1H3. The van der Waals surface area contributed by atoms with E-state index < -0.39 is 10.9 Å². The summed E-state index contributed by atoms with van der Waals surface area (Å²) in [5.74, 6) is -0.692. The number of hydrogen-bond acceptors (Lipinski definition) is 4. The zero-order valence-electron chi connectivity index (χ0n) is 8.91. The van der Waals surface area contributed by atoms with E-state index in [0.29, 0.717) is 10.0 Å². The second kappa shape index (κ2) is 6.11. The molecular weight excluding hydrogens is 358 g/mol. The summed E-state index contributed by atoms with van der Waals surface area (Å²) in [4.78, 5) is 22.0. The first kappa shape index (κ1) is 14.1. The van der Waals surface area contributed by atoms with Crippen molar-refractivity contribution in [3.05, 3.63) is 37.8 Å². The van der Waals surface area contributed by atoms with E-state index in [2.05, 4.69) is 31.9 Å². The summed E-state index contributed by atoms with van der Waals surface area (Å²) in [5.41, 5.74) is 0.164. The molecular formula is C10H9Br2NO4. The molecule has 1 aromatic rings. The molecule has 0 fully saturated rings. The Bertz CT molecular complexity index is 462. The number of carbonyl (C=O) groups is 1. The molecule has 0 aliphatic heterocycles. The lowest BCUT2D eigenvalue weighted by atomic mass is 10.1. The lowest BCUT2D eigenvalue weighted by Gasteiger charge is -2.06. The minimum Gasteiger partial charge on any atom is -0.462 e. The number of carbonyl (C=O) groups excluding carboxylic acids is 1. The van der Waals surface area contributed by atoms with Crippen LogP contribution in [0.15, 0.2) is 16.6 Å². The van der Waals surface area contributed by atoms with Crippen molar-refractivity contribution in [1.29, 1.82) is 0 Å². The van der Waals surface area contributed by atoms with Crippen LogP contribution in [-0.2, 0) is 10.1 Å². The summed E-state index contributed by atoms with van der Waals surface area (Å²) in [6.07, 6.45) is 0. The molecule has 1 rings (SSSR count). The molecule has 0 N–H and O–H groups in total. The van der Waals surface area contributed by atoms with Gasteiger partial charge in [-0.2, -0.15) is 0 Å². The number of nitrogens with zero attached hydrogens (tertiary/aromatic N) is 1. The maximum absolute atomic E-state index is 11.6. The highest BCUT2D eigenvalue weighted by molar-refractivity contribution is 9.10. The van der Waals surface area contributed by atoms with Gasteiger partial charge in [-0.15, -0.1) is 0 Å². The summed E-state index contributed by atoms with van der Waals surface area (Å²) in [6, 6.07) is 2.98. The van der Waals surface area contributed by atoms with Crippen molar-refractivity contribution >= 4 is 43.5 Å². The highest BCUT2D eigenvalue weighted by Gasteiger charge is 2.25. The molecule has 1 aromatic carbocycles. The highest BCUT2D eigenvalue weighted by Crippen LogP contribution is 2.30. The maximum atomic E-state index is 11.6. The van der Waals surface area contributed by atoms with Gasteiger partial charge < -0.3 is 4.74 Å². The Morgan fingerprint density at radius 2 is 2.18 bits per heavy atom. The molecule has 0 saturated carbocycles. The molecule has 0 aliphatic carbocycles. The molecule has 0 aliphatic rings. The Hall–Kier alpha value is -0.950. The van der Waals surface area contributed by atoms with Crippen LogP contribution in [0, 0.1) is 10.1 Å². The van der Waals surface area contributed by atoms with Gasteiger partial charge >= 0.3 is 5.97 Å². The fraction of sp³-hybridized carbons (Fsp3) is 0.300. The summed E-state index contributed by atoms with van der Waals surface area (Å²) in [7, 11) is 0. The van der Waals surface area contributed by atoms with E-state index in [1.165, 1.54) is 6.07 Å². The second-order valence-electron chi connectivity index (χ2n) is 3.07. The van der Waals surface area contributed by atoms with Crippen LogP contribution >= 0.6 is 31.9 Å². The van der Waals surface area contributed by atoms with Crippen LogP contribution in [0.2, 0.25) is 0 Å². The number of esters is 1. The molecule has 0 bridgehead atoms. The summed E-state index contributed by atoms with van der Waals surface area (Å²) >= 11 is 6.36. The Morgan fingerprint density at radius 3 is 2.65 bits per heavy atom. The smallest absolute Gasteiger partial charge is 0.345 e. The van der Waals surface area contributed by atoms with Gasteiger partial charge in [0, 0.05) is 15.4 Å². The number of halogens is 2. The second-order valence-corrected chi connectivity index (χ2v) is 4.55. The van der Waals surface area contributed by atoms with Crippen LogP contribution in [0.1, 0.15) is 22.8 Å². The largest absolute Gasteiger partial charge is 0.462 e. The minimum absolute atomic E-state index is 0.0410. The number of hydrogen-bond donors (Lipinski definition) is 0. The van der Waals surface area contributed by atoms with Crippen molar-refractivity contribution in [2.45, 2.75) is 12.3 Å². The quantitative estimate of drug-likeness (QED) is 0.354. The SMILES string of the molecule is CCOC(=O)c1cc(Br)cc(CBr)c1[N+](=O)[O-]. The predicted octanol–water partition coefficient (Wildman–Crippen LogP) is 3.43. The molecule has 7 heteroatoms. The van der Waals surface area contributed by atoms with Crippen LogP contribution in [0.3, 0.4) is 0 Å². The van der Waals surface area contributed by atoms with Crippen molar-refractivity contribution in [3.8, 4) is 0 Å². The highest BCUT2D eigenvalue weighted by atomic mass is 79.9. The van der Waals surface area contributed by atoms with E-state index in [0.717, 1.165) is 0 Å². The van der Waals surface area contributed by atoms with E-state index in [-0.39, 0.29) is 23.2 Å². The zero-order valence-corrected chi connectivity index (χ0v) is 12.1. The lowest BCUT2D eigenvalue weighted by Crippen LogP contribution is -2.09. The normalized spacial score (nSPS) is 10.1. The Balaban J connectivity index is 3.40. The van der Waals surface area contributed by atoms with Crippen LogP contribution in [0.4, 0.5) is 5.69 Å². The van der Waals surface area contributed by atoms with Crippen LogP contribution in [-0.4, -0.2) is 17.5 Å². The number of nitro benzene ring substituents is 1. The first-order valence-corrected chi connectivity index (χ1v) is 6.62. The predicted molar refractivity (Wildman–Crippen MR) is 69.4 cm³/mol. The minimum atomic E-state index is -0.692. The molecule has 0 heterocycles. The molecule has 0 unspecified atom stereocenters. The Morgan fingerprint density at radius 1 is 1.53 bits per heavy atom. The lowest BCUT2D eigenvalue weighted by molar-refractivity contribution is -0.385. The van der Waals surface area contributed by atoms with Gasteiger partial charge in [0.2, 0.25) is 0 Å². The van der Waals surface area contributed by atoms with E-state index in [1.807, 2.05) is 0 Å². The first-order chi connectivity index (χ1) is 8.01. The topological polar surface area (TPSA) is 69.4 Å². The number of alkyl halides is 1. The number of benzene rings is 1. The maximum Gasteiger partial charge on any atom is 0.345 e.